The van der Waals surface area contributed by atoms with Gasteiger partial charge in [-0.15, -0.1) is 0 Å². The van der Waals surface area contributed by atoms with Crippen molar-refractivity contribution in [2.45, 2.75) is 26.1 Å². The fraction of sp³-hybridized carbons (Fsp3) is 0.156. The molecule has 196 valence electrons. The number of carbonyl (C=O) groups is 2. The maximum absolute atomic E-state index is 13.3. The minimum Gasteiger partial charge on any atom is -0.507 e. The van der Waals surface area contributed by atoms with E-state index in [1.165, 1.54) is 4.90 Å². The molecule has 2 heterocycles. The van der Waals surface area contributed by atoms with Gasteiger partial charge in [0.15, 0.2) is 0 Å². The molecule has 0 saturated carbocycles. The molecule has 1 atom stereocenters. The highest BCUT2D eigenvalue weighted by molar-refractivity contribution is 6.46. The van der Waals surface area contributed by atoms with Crippen molar-refractivity contribution in [3.63, 3.8) is 0 Å². The molecule has 1 saturated heterocycles. The van der Waals surface area contributed by atoms with Crippen molar-refractivity contribution in [3.05, 3.63) is 131 Å². The molecule has 1 N–H and O–H groups in total. The molecule has 0 radical (unpaired) electrons. The first kappa shape index (κ1) is 25.7. The van der Waals surface area contributed by atoms with Crippen LogP contribution in [0.3, 0.4) is 0 Å². The molecular formula is C32H28N2O5. The first-order valence-corrected chi connectivity index (χ1v) is 12.7. The first-order chi connectivity index (χ1) is 19.0. The third-order valence-electron chi connectivity index (χ3n) is 6.50. The van der Waals surface area contributed by atoms with Crippen molar-refractivity contribution in [3.8, 4) is 11.5 Å². The number of nitrogens with zero attached hydrogens (tertiary/aromatic N) is 2. The lowest BCUT2D eigenvalue weighted by Crippen LogP contribution is -2.29. The van der Waals surface area contributed by atoms with Gasteiger partial charge in [0.05, 0.1) is 18.2 Å². The predicted molar refractivity (Wildman–Crippen MR) is 147 cm³/mol. The molecule has 5 rings (SSSR count). The summed E-state index contributed by atoms with van der Waals surface area (Å²) in [5, 5.41) is 11.4. The molecule has 7 heteroatoms. The molecule has 1 unspecified atom stereocenters. The highest BCUT2D eigenvalue weighted by Gasteiger charge is 2.46. The number of ketones is 1. The Balaban J connectivity index is 1.48. The third-order valence-corrected chi connectivity index (χ3v) is 6.50. The highest BCUT2D eigenvalue weighted by Crippen LogP contribution is 2.40. The number of aliphatic hydroxyl groups excluding tert-OH is 1. The minimum atomic E-state index is -0.783. The zero-order valence-corrected chi connectivity index (χ0v) is 21.5. The van der Waals surface area contributed by atoms with Crippen LogP contribution in [0.2, 0.25) is 0 Å². The molecule has 1 fully saturated rings. The van der Waals surface area contributed by atoms with Crippen LogP contribution in [0.4, 0.5) is 0 Å². The Hall–Kier alpha value is -4.91. The summed E-state index contributed by atoms with van der Waals surface area (Å²) in [7, 11) is 0. The van der Waals surface area contributed by atoms with E-state index in [-0.39, 0.29) is 17.9 Å². The van der Waals surface area contributed by atoms with Gasteiger partial charge in [-0.1, -0.05) is 48.5 Å². The van der Waals surface area contributed by atoms with E-state index in [0.717, 1.165) is 11.1 Å². The van der Waals surface area contributed by atoms with E-state index in [1.54, 1.807) is 54.9 Å². The van der Waals surface area contributed by atoms with Crippen molar-refractivity contribution in [2.75, 3.05) is 6.61 Å². The van der Waals surface area contributed by atoms with Crippen molar-refractivity contribution < 1.29 is 24.2 Å². The van der Waals surface area contributed by atoms with Gasteiger partial charge in [0.1, 0.15) is 23.9 Å². The standard InChI is InChI=1S/C32H28N2O5/c1-2-38-26-14-10-24(11-15-26)29-28(31(36)32(37)34(29)20-23-9-6-18-33-19-23)30(35)25-12-16-27(17-13-25)39-21-22-7-4-3-5-8-22/h3-19,29,35H,2,20-21H2,1H3/b30-28+. The van der Waals surface area contributed by atoms with Crippen LogP contribution in [-0.4, -0.2) is 33.3 Å². The molecule has 1 aliphatic rings. The fourth-order valence-electron chi connectivity index (χ4n) is 4.60. The predicted octanol–water partition coefficient (Wildman–Crippen LogP) is 5.68. The van der Waals surface area contributed by atoms with Gasteiger partial charge in [-0.25, -0.2) is 0 Å². The van der Waals surface area contributed by atoms with Gasteiger partial charge >= 0.3 is 0 Å². The summed E-state index contributed by atoms with van der Waals surface area (Å²) in [4.78, 5) is 32.2. The summed E-state index contributed by atoms with van der Waals surface area (Å²) in [5.41, 5.74) is 2.94. The Kier molecular flexibility index (Phi) is 7.68. The summed E-state index contributed by atoms with van der Waals surface area (Å²) >= 11 is 0. The van der Waals surface area contributed by atoms with Crippen molar-refractivity contribution in [2.24, 2.45) is 0 Å². The zero-order chi connectivity index (χ0) is 27.2. The molecule has 1 amide bonds. The fourth-order valence-corrected chi connectivity index (χ4v) is 4.60. The van der Waals surface area contributed by atoms with Crippen molar-refractivity contribution >= 4 is 17.4 Å². The molecule has 1 aromatic heterocycles. The summed E-state index contributed by atoms with van der Waals surface area (Å²) in [6, 6.07) is 26.7. The lowest BCUT2D eigenvalue weighted by Gasteiger charge is -2.25. The lowest BCUT2D eigenvalue weighted by atomic mass is 9.95. The van der Waals surface area contributed by atoms with Gasteiger partial charge in [-0.2, -0.15) is 0 Å². The van der Waals surface area contributed by atoms with Crippen LogP contribution in [0.1, 0.15) is 35.2 Å². The van der Waals surface area contributed by atoms with E-state index in [4.69, 9.17) is 9.47 Å². The van der Waals surface area contributed by atoms with Gasteiger partial charge in [-0.3, -0.25) is 14.6 Å². The number of hydrogen-bond acceptors (Lipinski definition) is 6. The normalized spacial score (nSPS) is 16.3. The van der Waals surface area contributed by atoms with Crippen LogP contribution < -0.4 is 9.47 Å². The summed E-state index contributed by atoms with van der Waals surface area (Å²) in [6.45, 7) is 2.99. The van der Waals surface area contributed by atoms with Gasteiger partial charge in [0.25, 0.3) is 11.7 Å². The van der Waals surface area contributed by atoms with Crippen LogP contribution in [-0.2, 0) is 22.7 Å². The number of aliphatic hydroxyl groups is 1. The number of pyridine rings is 1. The zero-order valence-electron chi connectivity index (χ0n) is 21.5. The van der Waals surface area contributed by atoms with Crippen LogP contribution in [0.25, 0.3) is 5.76 Å². The van der Waals surface area contributed by atoms with E-state index in [1.807, 2.05) is 55.5 Å². The Morgan fingerprint density at radius 3 is 2.18 bits per heavy atom. The van der Waals surface area contributed by atoms with Crippen LogP contribution in [0, 0.1) is 0 Å². The Labute approximate surface area is 227 Å². The van der Waals surface area contributed by atoms with E-state index in [2.05, 4.69) is 4.98 Å². The molecule has 39 heavy (non-hydrogen) atoms. The van der Waals surface area contributed by atoms with Crippen molar-refractivity contribution in [1.82, 2.24) is 9.88 Å². The van der Waals surface area contributed by atoms with Gasteiger partial charge in [-0.05, 0) is 66.1 Å². The van der Waals surface area contributed by atoms with Crippen molar-refractivity contribution in [1.29, 1.82) is 0 Å². The topological polar surface area (TPSA) is 89.0 Å². The molecular weight excluding hydrogens is 492 g/mol. The second-order valence-electron chi connectivity index (χ2n) is 9.09. The quantitative estimate of drug-likeness (QED) is 0.174. The number of hydrogen-bond donors (Lipinski definition) is 1. The largest absolute Gasteiger partial charge is 0.507 e. The lowest BCUT2D eigenvalue weighted by molar-refractivity contribution is -0.140. The minimum absolute atomic E-state index is 0.0333. The average Bonchev–Trinajstić information content (AvgIpc) is 3.22. The molecule has 1 aliphatic heterocycles. The molecule has 7 nitrogen and oxygen atoms in total. The number of carbonyl (C=O) groups excluding carboxylic acids is 2. The second-order valence-corrected chi connectivity index (χ2v) is 9.09. The Morgan fingerprint density at radius 1 is 0.846 bits per heavy atom. The van der Waals surface area contributed by atoms with Crippen LogP contribution >= 0.6 is 0 Å². The Bertz CT molecular complexity index is 1470. The number of rotatable bonds is 9. The van der Waals surface area contributed by atoms with Gasteiger partial charge in [0.2, 0.25) is 0 Å². The maximum Gasteiger partial charge on any atom is 0.295 e. The smallest absolute Gasteiger partial charge is 0.295 e. The first-order valence-electron chi connectivity index (χ1n) is 12.7. The number of ether oxygens (including phenoxy) is 2. The van der Waals surface area contributed by atoms with E-state index in [9.17, 15) is 14.7 Å². The van der Waals surface area contributed by atoms with Crippen LogP contribution in [0.15, 0.2) is 109 Å². The van der Waals surface area contributed by atoms with Gasteiger partial charge in [0, 0.05) is 24.5 Å². The number of likely N-dealkylation sites (tertiary alicyclic amines) is 1. The van der Waals surface area contributed by atoms with E-state index in [0.29, 0.717) is 35.8 Å². The summed E-state index contributed by atoms with van der Waals surface area (Å²) in [5.74, 6) is -0.357. The average molecular weight is 521 g/mol. The molecule has 0 spiro atoms. The van der Waals surface area contributed by atoms with E-state index >= 15 is 0 Å². The molecule has 0 aliphatic carbocycles. The van der Waals surface area contributed by atoms with Gasteiger partial charge < -0.3 is 19.5 Å². The Morgan fingerprint density at radius 2 is 1.51 bits per heavy atom. The SMILES string of the molecule is CCOc1ccc(C2/C(=C(\O)c3ccc(OCc4ccccc4)cc3)C(=O)C(=O)N2Cc2cccnc2)cc1. The maximum atomic E-state index is 13.3. The second kappa shape index (κ2) is 11.6. The number of benzene rings is 3. The molecule has 3 aromatic carbocycles. The van der Waals surface area contributed by atoms with Crippen LogP contribution in [0.5, 0.6) is 11.5 Å². The number of Topliss-reactive ketones (excluding diaryl/α,β-unsaturated/α-hetero) is 1. The molecule has 0 bridgehead atoms. The number of amides is 1. The highest BCUT2D eigenvalue weighted by atomic mass is 16.5. The monoisotopic (exact) mass is 520 g/mol. The summed E-state index contributed by atoms with van der Waals surface area (Å²) < 4.78 is 11.4. The number of aromatic nitrogens is 1. The summed E-state index contributed by atoms with van der Waals surface area (Å²) in [6.07, 6.45) is 3.30. The van der Waals surface area contributed by atoms with E-state index < -0.39 is 17.7 Å². The third kappa shape index (κ3) is 5.67. The molecule has 4 aromatic rings.